The number of aryl methyl sites for hydroxylation is 1. The number of nitrogens with zero attached hydrogens (tertiary/aromatic N) is 3. The van der Waals surface area contributed by atoms with Gasteiger partial charge in [0.1, 0.15) is 23.4 Å². The number of hydrazone groups is 1. The van der Waals surface area contributed by atoms with Crippen LogP contribution in [0.3, 0.4) is 0 Å². The first-order valence-corrected chi connectivity index (χ1v) is 12.5. The van der Waals surface area contributed by atoms with Gasteiger partial charge in [-0.1, -0.05) is 0 Å². The predicted octanol–water partition coefficient (Wildman–Crippen LogP) is 3.14. The summed E-state index contributed by atoms with van der Waals surface area (Å²) in [7, 11) is 0. The monoisotopic (exact) mass is 567 g/mol. The number of hydrogen-bond acceptors (Lipinski definition) is 10. The number of nitrogens with one attached hydrogen (secondary N) is 1. The number of nitrogens with two attached hydrogens (primary N) is 3. The number of carbonyl (C=O) groups is 1. The Balaban J connectivity index is 1.77. The molecular formula is C21H26F5N7O2S2. The van der Waals surface area contributed by atoms with Crippen molar-refractivity contribution in [3.05, 3.63) is 58.1 Å². The molecule has 0 saturated heterocycles. The predicted molar refractivity (Wildman–Crippen MR) is 132 cm³/mol. The van der Waals surface area contributed by atoms with Crippen molar-refractivity contribution < 1.29 is 31.5 Å². The lowest BCUT2D eigenvalue weighted by atomic mass is 10.2. The first-order chi connectivity index (χ1) is 17.5. The number of carbonyl (C=O) groups excluding carboxylic acids is 1. The number of ether oxygens (including phenoxy) is 1. The molecule has 0 saturated carbocycles. The maximum Gasteiger partial charge on any atom is 0.573 e. The van der Waals surface area contributed by atoms with Crippen molar-refractivity contribution in [2.24, 2.45) is 22.5 Å². The quantitative estimate of drug-likeness (QED) is 0.0722. The fraction of sp³-hybridized carbons (Fsp3) is 0.381. The zero-order valence-corrected chi connectivity index (χ0v) is 21.0. The smallest absolute Gasteiger partial charge is 0.406 e. The van der Waals surface area contributed by atoms with Gasteiger partial charge in [-0.25, -0.2) is 14.6 Å². The Hall–Kier alpha value is -3.11. The lowest BCUT2D eigenvalue weighted by Gasteiger charge is -2.18. The average Bonchev–Trinajstić information content (AvgIpc) is 3.33. The Morgan fingerprint density at radius 3 is 2.78 bits per heavy atom. The molecule has 1 aromatic carbocycles. The Kier molecular flexibility index (Phi) is 11.9. The van der Waals surface area contributed by atoms with E-state index in [0.29, 0.717) is 11.5 Å². The molecule has 2 rings (SSSR count). The van der Waals surface area contributed by atoms with Crippen molar-refractivity contribution in [3.63, 3.8) is 0 Å². The SMILES string of the molecule is N/N=C(/CCC(F)CN(N)/C=C(\N)C(=O)NCc1cc(OC(F)(F)F)ccc1F)SCCc1cncs1. The molecule has 2 aromatic rings. The summed E-state index contributed by atoms with van der Waals surface area (Å²) >= 11 is 2.96. The Labute approximate surface area is 217 Å². The molecule has 9 nitrogen and oxygen atoms in total. The van der Waals surface area contributed by atoms with E-state index in [0.717, 1.165) is 46.5 Å². The molecule has 37 heavy (non-hydrogen) atoms. The molecule has 1 heterocycles. The van der Waals surface area contributed by atoms with Crippen molar-refractivity contribution in [3.8, 4) is 5.75 Å². The van der Waals surface area contributed by atoms with Crippen molar-refractivity contribution >= 4 is 34.0 Å². The molecule has 1 aromatic heterocycles. The number of benzene rings is 1. The van der Waals surface area contributed by atoms with Crippen LogP contribution in [0.5, 0.6) is 5.75 Å². The van der Waals surface area contributed by atoms with E-state index in [-0.39, 0.29) is 18.5 Å². The van der Waals surface area contributed by atoms with Crippen LogP contribution in [0.4, 0.5) is 22.0 Å². The summed E-state index contributed by atoms with van der Waals surface area (Å²) in [5, 5.41) is 7.40. The number of aromatic nitrogens is 1. The molecular weight excluding hydrogens is 541 g/mol. The highest BCUT2D eigenvalue weighted by atomic mass is 32.2. The van der Waals surface area contributed by atoms with Crippen LogP contribution in [0.1, 0.15) is 23.3 Å². The van der Waals surface area contributed by atoms with Gasteiger partial charge >= 0.3 is 6.36 Å². The first-order valence-electron chi connectivity index (χ1n) is 10.7. The van der Waals surface area contributed by atoms with Crippen LogP contribution < -0.4 is 27.5 Å². The summed E-state index contributed by atoms with van der Waals surface area (Å²) in [5.41, 5.74) is 6.70. The molecule has 0 aliphatic rings. The molecule has 1 unspecified atom stereocenters. The number of alkyl halides is 4. The van der Waals surface area contributed by atoms with Gasteiger partial charge in [-0.05, 0) is 31.0 Å². The fourth-order valence-corrected chi connectivity index (χ4v) is 4.48. The molecule has 0 fully saturated rings. The van der Waals surface area contributed by atoms with E-state index in [1.165, 1.54) is 11.8 Å². The zero-order valence-electron chi connectivity index (χ0n) is 19.4. The summed E-state index contributed by atoms with van der Waals surface area (Å²) in [6, 6.07) is 2.36. The second-order valence-electron chi connectivity index (χ2n) is 7.49. The third-order valence-electron chi connectivity index (χ3n) is 4.58. The van der Waals surface area contributed by atoms with Gasteiger partial charge in [0.05, 0.1) is 17.1 Å². The molecule has 0 radical (unpaired) electrons. The molecule has 204 valence electrons. The molecule has 0 aliphatic carbocycles. The van der Waals surface area contributed by atoms with Gasteiger partial charge in [-0.15, -0.1) is 36.3 Å². The summed E-state index contributed by atoms with van der Waals surface area (Å²) in [6.45, 7) is -0.769. The standard InChI is InChI=1S/C21H26F5N7O2S2/c22-14(1-4-19(32-28)36-6-5-16-9-30-12-37-16)10-33(29)11-18(27)20(34)31-8-13-7-15(2-3-17(13)23)35-21(24,25)26/h2-3,7,9,11-12,14H,1,4-6,8,10,27-29H2,(H,31,34)/b18-11-,32-19-. The normalized spacial score (nSPS) is 13.4. The molecule has 0 spiro atoms. The van der Waals surface area contributed by atoms with Crippen LogP contribution in [-0.4, -0.2) is 45.8 Å². The number of rotatable bonds is 13. The minimum atomic E-state index is -4.95. The lowest BCUT2D eigenvalue weighted by Crippen LogP contribution is -2.36. The van der Waals surface area contributed by atoms with Crippen LogP contribution >= 0.6 is 23.1 Å². The Bertz CT molecular complexity index is 1070. The lowest BCUT2D eigenvalue weighted by molar-refractivity contribution is -0.274. The Morgan fingerprint density at radius 1 is 1.38 bits per heavy atom. The van der Waals surface area contributed by atoms with Gasteiger partial charge in [0.2, 0.25) is 0 Å². The van der Waals surface area contributed by atoms with Crippen molar-refractivity contribution in [2.75, 3.05) is 12.3 Å². The third-order valence-corrected chi connectivity index (χ3v) is 6.47. The Morgan fingerprint density at radius 2 is 2.14 bits per heavy atom. The van der Waals surface area contributed by atoms with Gasteiger partial charge < -0.3 is 26.6 Å². The van der Waals surface area contributed by atoms with E-state index >= 15 is 0 Å². The van der Waals surface area contributed by atoms with Crippen molar-refractivity contribution in [2.45, 2.75) is 38.3 Å². The summed E-state index contributed by atoms with van der Waals surface area (Å²) in [4.78, 5) is 17.3. The highest BCUT2D eigenvalue weighted by Gasteiger charge is 2.31. The minimum absolute atomic E-state index is 0.0762. The molecule has 0 aliphatic heterocycles. The number of hydrazine groups is 1. The first kappa shape index (κ1) is 30.1. The second-order valence-corrected chi connectivity index (χ2v) is 9.63. The van der Waals surface area contributed by atoms with E-state index in [4.69, 9.17) is 17.4 Å². The van der Waals surface area contributed by atoms with E-state index in [1.54, 1.807) is 23.0 Å². The second kappa shape index (κ2) is 14.6. The van der Waals surface area contributed by atoms with E-state index < -0.39 is 42.2 Å². The maximum absolute atomic E-state index is 14.4. The largest absolute Gasteiger partial charge is 0.573 e. The number of hydrogen-bond donors (Lipinski definition) is 4. The number of thioether (sulfide) groups is 1. The van der Waals surface area contributed by atoms with Crippen LogP contribution in [0.25, 0.3) is 0 Å². The van der Waals surface area contributed by atoms with E-state index in [2.05, 4.69) is 20.1 Å². The summed E-state index contributed by atoms with van der Waals surface area (Å²) in [5.74, 6) is 9.41. The van der Waals surface area contributed by atoms with Crippen LogP contribution in [0.2, 0.25) is 0 Å². The molecule has 7 N–H and O–H groups in total. The maximum atomic E-state index is 14.4. The average molecular weight is 568 g/mol. The molecule has 0 bridgehead atoms. The van der Waals surface area contributed by atoms with E-state index in [9.17, 15) is 26.7 Å². The van der Waals surface area contributed by atoms with Gasteiger partial charge in [0.25, 0.3) is 5.91 Å². The van der Waals surface area contributed by atoms with Gasteiger partial charge in [0.15, 0.2) is 0 Å². The molecule has 1 amide bonds. The molecule has 1 atom stereocenters. The zero-order chi connectivity index (χ0) is 27.4. The summed E-state index contributed by atoms with van der Waals surface area (Å²) < 4.78 is 69.0. The van der Waals surface area contributed by atoms with Gasteiger partial charge in [-0.2, -0.15) is 5.10 Å². The highest BCUT2D eigenvalue weighted by molar-refractivity contribution is 8.13. The van der Waals surface area contributed by atoms with Crippen LogP contribution in [-0.2, 0) is 17.8 Å². The minimum Gasteiger partial charge on any atom is -0.406 e. The van der Waals surface area contributed by atoms with E-state index in [1.807, 2.05) is 0 Å². The third kappa shape index (κ3) is 11.7. The number of thiazole rings is 1. The number of halogens is 5. The highest BCUT2D eigenvalue weighted by Crippen LogP contribution is 2.24. The van der Waals surface area contributed by atoms with Crippen molar-refractivity contribution in [1.29, 1.82) is 0 Å². The molecule has 16 heteroatoms. The van der Waals surface area contributed by atoms with Gasteiger partial charge in [0, 0.05) is 41.6 Å². The van der Waals surface area contributed by atoms with Crippen LogP contribution in [0, 0.1) is 5.82 Å². The fourth-order valence-electron chi connectivity index (χ4n) is 2.86. The number of amides is 1. The van der Waals surface area contributed by atoms with Crippen molar-refractivity contribution in [1.82, 2.24) is 15.3 Å². The summed E-state index contributed by atoms with van der Waals surface area (Å²) in [6.07, 6.45) is -2.42. The van der Waals surface area contributed by atoms with Gasteiger partial charge in [-0.3, -0.25) is 9.78 Å². The topological polar surface area (TPSA) is 145 Å². The van der Waals surface area contributed by atoms with Crippen LogP contribution in [0.15, 0.2) is 46.9 Å².